The molecule has 0 radical (unpaired) electrons. The molecule has 1 amide bonds. The molecule has 1 aliphatic rings. The molecule has 1 aliphatic heterocycles. The molecule has 2 aromatic heterocycles. The number of nitrogens with zero attached hydrogens (tertiary/aromatic N) is 5. The molecular formula is C29H23N5OS. The van der Waals surface area contributed by atoms with Crippen molar-refractivity contribution in [3.63, 3.8) is 0 Å². The van der Waals surface area contributed by atoms with Crippen molar-refractivity contribution in [2.45, 2.75) is 18.0 Å². The van der Waals surface area contributed by atoms with Crippen molar-refractivity contribution in [2.75, 3.05) is 10.7 Å². The Morgan fingerprint density at radius 1 is 0.750 bits per heavy atom. The van der Waals surface area contributed by atoms with Crippen LogP contribution in [0.1, 0.15) is 11.1 Å². The number of fused-ring (bicyclic) bond motifs is 2. The Bertz CT molecular complexity index is 1470. The van der Waals surface area contributed by atoms with Gasteiger partial charge in [-0.05, 0) is 60.4 Å². The Labute approximate surface area is 213 Å². The van der Waals surface area contributed by atoms with Gasteiger partial charge in [0.1, 0.15) is 0 Å². The monoisotopic (exact) mass is 489 g/mol. The second kappa shape index (κ2) is 9.79. The third kappa shape index (κ3) is 4.18. The van der Waals surface area contributed by atoms with Crippen LogP contribution in [0.4, 0.5) is 11.4 Å². The minimum atomic E-state index is 0.00914. The summed E-state index contributed by atoms with van der Waals surface area (Å²) in [6.07, 6.45) is 5.29. The Morgan fingerprint density at radius 3 is 2.03 bits per heavy atom. The van der Waals surface area contributed by atoms with Crippen LogP contribution in [0.2, 0.25) is 0 Å². The Balaban J connectivity index is 1.35. The molecule has 3 aromatic carbocycles. The highest BCUT2D eigenvalue weighted by Crippen LogP contribution is 2.37. The zero-order valence-corrected chi connectivity index (χ0v) is 20.3. The second-order valence-electron chi connectivity index (χ2n) is 8.49. The number of para-hydroxylation sites is 3. The standard InChI is InChI=1S/C29H23N5OS/c35-27(34-25-12-6-4-8-21(25)14-15-22-9-5-7-13-26(22)34)20-36-29-32-31-28(23-16-18-30-19-17-23)33(29)24-10-2-1-3-11-24/h1-13,16-19H,14-15,20H2. The molecule has 0 aliphatic carbocycles. The average molecular weight is 490 g/mol. The molecule has 6 nitrogen and oxygen atoms in total. The van der Waals surface area contributed by atoms with Gasteiger partial charge in [0.25, 0.3) is 0 Å². The SMILES string of the molecule is O=C(CSc1nnc(-c2ccncc2)n1-c1ccccc1)N1c2ccccc2CCc2ccccc21. The summed E-state index contributed by atoms with van der Waals surface area (Å²) in [6, 6.07) is 30.2. The number of benzene rings is 3. The number of aryl methyl sites for hydroxylation is 2. The topological polar surface area (TPSA) is 63.9 Å². The summed E-state index contributed by atoms with van der Waals surface area (Å²) in [5, 5.41) is 9.62. The number of aromatic nitrogens is 4. The van der Waals surface area contributed by atoms with E-state index in [2.05, 4.69) is 27.3 Å². The second-order valence-corrected chi connectivity index (χ2v) is 9.43. The van der Waals surface area contributed by atoms with Gasteiger partial charge in [-0.15, -0.1) is 10.2 Å². The van der Waals surface area contributed by atoms with Gasteiger partial charge in [0.15, 0.2) is 11.0 Å². The molecule has 0 saturated carbocycles. The molecule has 0 saturated heterocycles. The van der Waals surface area contributed by atoms with Gasteiger partial charge in [-0.3, -0.25) is 19.2 Å². The molecular weight excluding hydrogens is 466 g/mol. The highest BCUT2D eigenvalue weighted by atomic mass is 32.2. The maximum Gasteiger partial charge on any atom is 0.242 e. The van der Waals surface area contributed by atoms with Gasteiger partial charge in [0.05, 0.1) is 17.1 Å². The number of carbonyl (C=O) groups is 1. The van der Waals surface area contributed by atoms with Crippen molar-refractivity contribution >= 4 is 29.0 Å². The van der Waals surface area contributed by atoms with E-state index in [4.69, 9.17) is 0 Å². The lowest BCUT2D eigenvalue weighted by molar-refractivity contribution is -0.115. The van der Waals surface area contributed by atoms with Gasteiger partial charge in [-0.1, -0.05) is 66.4 Å². The molecule has 0 atom stereocenters. The first-order chi connectivity index (χ1) is 17.8. The number of anilines is 2. The lowest BCUT2D eigenvalue weighted by Gasteiger charge is -2.25. The third-order valence-electron chi connectivity index (χ3n) is 6.29. The van der Waals surface area contributed by atoms with Crippen molar-refractivity contribution in [1.82, 2.24) is 19.7 Å². The van der Waals surface area contributed by atoms with Crippen LogP contribution in [0.15, 0.2) is 109 Å². The van der Waals surface area contributed by atoms with Crippen molar-refractivity contribution in [2.24, 2.45) is 0 Å². The van der Waals surface area contributed by atoms with Gasteiger partial charge in [-0.25, -0.2) is 0 Å². The predicted molar refractivity (Wildman–Crippen MR) is 143 cm³/mol. The summed E-state index contributed by atoms with van der Waals surface area (Å²) in [5.41, 5.74) is 6.12. The Morgan fingerprint density at radius 2 is 1.36 bits per heavy atom. The molecule has 0 fully saturated rings. The third-order valence-corrected chi connectivity index (χ3v) is 7.20. The quantitative estimate of drug-likeness (QED) is 0.288. The largest absolute Gasteiger partial charge is 0.280 e. The van der Waals surface area contributed by atoms with Crippen molar-refractivity contribution in [1.29, 1.82) is 0 Å². The van der Waals surface area contributed by atoms with Crippen LogP contribution in [0.3, 0.4) is 0 Å². The van der Waals surface area contributed by atoms with Crippen LogP contribution >= 0.6 is 11.8 Å². The number of rotatable bonds is 5. The first-order valence-corrected chi connectivity index (χ1v) is 12.8. The normalized spacial score (nSPS) is 12.5. The predicted octanol–water partition coefficient (Wildman–Crippen LogP) is 5.88. The van der Waals surface area contributed by atoms with Crippen molar-refractivity contribution in [3.05, 3.63) is 115 Å². The van der Waals surface area contributed by atoms with Crippen LogP contribution in [0.25, 0.3) is 17.1 Å². The van der Waals surface area contributed by atoms with Gasteiger partial charge >= 0.3 is 0 Å². The smallest absolute Gasteiger partial charge is 0.242 e. The zero-order valence-electron chi connectivity index (χ0n) is 19.5. The van der Waals surface area contributed by atoms with E-state index < -0.39 is 0 Å². The van der Waals surface area contributed by atoms with Crippen LogP contribution in [-0.4, -0.2) is 31.4 Å². The van der Waals surface area contributed by atoms with E-state index in [1.807, 2.05) is 88.3 Å². The minimum absolute atomic E-state index is 0.00914. The van der Waals surface area contributed by atoms with E-state index in [-0.39, 0.29) is 11.7 Å². The van der Waals surface area contributed by atoms with E-state index in [1.165, 1.54) is 22.9 Å². The lowest BCUT2D eigenvalue weighted by atomic mass is 10.0. The summed E-state index contributed by atoms with van der Waals surface area (Å²) in [6.45, 7) is 0. The number of carbonyl (C=O) groups excluding carboxylic acids is 1. The lowest BCUT2D eigenvalue weighted by Crippen LogP contribution is -2.28. The fourth-order valence-electron chi connectivity index (χ4n) is 4.60. The molecule has 7 heteroatoms. The van der Waals surface area contributed by atoms with Gasteiger partial charge < -0.3 is 0 Å². The summed E-state index contributed by atoms with van der Waals surface area (Å²) in [4.78, 5) is 19.8. The summed E-state index contributed by atoms with van der Waals surface area (Å²) >= 11 is 1.40. The van der Waals surface area contributed by atoms with Crippen LogP contribution in [0, 0.1) is 0 Å². The first kappa shape index (κ1) is 22.2. The minimum Gasteiger partial charge on any atom is -0.280 e. The molecule has 36 heavy (non-hydrogen) atoms. The number of pyridine rings is 1. The summed E-state index contributed by atoms with van der Waals surface area (Å²) < 4.78 is 2.00. The van der Waals surface area contributed by atoms with Gasteiger partial charge in [-0.2, -0.15) is 0 Å². The molecule has 0 unspecified atom stereocenters. The zero-order chi connectivity index (χ0) is 24.3. The number of hydrogen-bond donors (Lipinski definition) is 0. The summed E-state index contributed by atoms with van der Waals surface area (Å²) in [7, 11) is 0. The first-order valence-electron chi connectivity index (χ1n) is 11.8. The van der Waals surface area contributed by atoms with Crippen LogP contribution in [-0.2, 0) is 17.6 Å². The number of amides is 1. The fourth-order valence-corrected chi connectivity index (χ4v) is 5.40. The molecule has 3 heterocycles. The fraction of sp³-hybridized carbons (Fsp3) is 0.103. The molecule has 5 aromatic rings. The highest BCUT2D eigenvalue weighted by Gasteiger charge is 2.26. The average Bonchev–Trinajstić information content (AvgIpc) is 3.29. The Kier molecular flexibility index (Phi) is 6.05. The molecule has 0 spiro atoms. The van der Waals surface area contributed by atoms with Crippen molar-refractivity contribution in [3.8, 4) is 17.1 Å². The van der Waals surface area contributed by atoms with E-state index in [1.54, 1.807) is 12.4 Å². The van der Waals surface area contributed by atoms with E-state index in [0.29, 0.717) is 11.0 Å². The maximum atomic E-state index is 13.8. The van der Waals surface area contributed by atoms with Crippen LogP contribution < -0.4 is 4.90 Å². The molecule has 0 bridgehead atoms. The van der Waals surface area contributed by atoms with Crippen LogP contribution in [0.5, 0.6) is 0 Å². The van der Waals surface area contributed by atoms with Crippen molar-refractivity contribution < 1.29 is 4.79 Å². The Hall–Kier alpha value is -4.23. The van der Waals surface area contributed by atoms with Gasteiger partial charge in [0.2, 0.25) is 5.91 Å². The molecule has 6 rings (SSSR count). The molecule has 176 valence electrons. The van der Waals surface area contributed by atoms with Gasteiger partial charge in [0, 0.05) is 23.6 Å². The van der Waals surface area contributed by atoms with E-state index in [9.17, 15) is 4.79 Å². The highest BCUT2D eigenvalue weighted by molar-refractivity contribution is 7.99. The number of thioether (sulfide) groups is 1. The summed E-state index contributed by atoms with van der Waals surface area (Å²) in [5.74, 6) is 0.947. The van der Waals surface area contributed by atoms with E-state index in [0.717, 1.165) is 35.5 Å². The maximum absolute atomic E-state index is 13.8. The number of hydrogen-bond acceptors (Lipinski definition) is 5. The molecule has 0 N–H and O–H groups in total. The van der Waals surface area contributed by atoms with E-state index >= 15 is 0 Å².